The van der Waals surface area contributed by atoms with Crippen LogP contribution < -0.4 is 4.90 Å². The molecule has 0 saturated heterocycles. The van der Waals surface area contributed by atoms with Crippen molar-refractivity contribution in [3.63, 3.8) is 0 Å². The lowest BCUT2D eigenvalue weighted by Crippen LogP contribution is -2.31. The van der Waals surface area contributed by atoms with Gasteiger partial charge in [-0.05, 0) is 20.3 Å². The molecule has 0 aliphatic heterocycles. The van der Waals surface area contributed by atoms with E-state index in [4.69, 9.17) is 11.6 Å². The number of nitrogens with zero attached hydrogens (tertiary/aromatic N) is 2. The van der Waals surface area contributed by atoms with Gasteiger partial charge in [0.25, 0.3) is 0 Å². The Morgan fingerprint density at radius 3 is 2.69 bits per heavy atom. The zero-order chi connectivity index (χ0) is 9.84. The Kier molecular flexibility index (Phi) is 4.00. The minimum Gasteiger partial charge on any atom is -0.346 e. The van der Waals surface area contributed by atoms with Crippen LogP contribution in [-0.2, 0) is 0 Å². The van der Waals surface area contributed by atoms with Crippen molar-refractivity contribution < 1.29 is 0 Å². The van der Waals surface area contributed by atoms with Gasteiger partial charge in [-0.15, -0.1) is 11.3 Å². The topological polar surface area (TPSA) is 16.1 Å². The molecule has 0 aromatic carbocycles. The molecule has 0 aliphatic carbocycles. The smallest absolute Gasteiger partial charge is 0.186 e. The Bertz CT molecular complexity index is 260. The molecule has 13 heavy (non-hydrogen) atoms. The van der Waals surface area contributed by atoms with Crippen LogP contribution in [0.5, 0.6) is 0 Å². The van der Waals surface area contributed by atoms with Gasteiger partial charge in [0.15, 0.2) is 5.13 Å². The van der Waals surface area contributed by atoms with Crippen molar-refractivity contribution in [2.45, 2.75) is 33.2 Å². The van der Waals surface area contributed by atoms with Crippen molar-refractivity contribution in [3.05, 3.63) is 10.5 Å². The average Bonchev–Trinajstić information content (AvgIpc) is 2.46. The molecule has 0 aliphatic rings. The average molecular weight is 219 g/mol. The molecule has 1 rings (SSSR count). The minimum atomic E-state index is 0.488. The molecule has 1 heterocycles. The summed E-state index contributed by atoms with van der Waals surface area (Å²) >= 11 is 7.39. The van der Waals surface area contributed by atoms with E-state index in [-0.39, 0.29) is 0 Å². The van der Waals surface area contributed by atoms with E-state index >= 15 is 0 Å². The van der Waals surface area contributed by atoms with E-state index < -0.39 is 0 Å². The van der Waals surface area contributed by atoms with Crippen molar-refractivity contribution in [1.29, 1.82) is 0 Å². The lowest BCUT2D eigenvalue weighted by atomic mass is 10.3. The highest BCUT2D eigenvalue weighted by molar-refractivity contribution is 7.14. The predicted molar refractivity (Wildman–Crippen MR) is 59.9 cm³/mol. The molecule has 2 nitrogen and oxygen atoms in total. The zero-order valence-corrected chi connectivity index (χ0v) is 9.82. The van der Waals surface area contributed by atoms with Gasteiger partial charge in [-0.2, -0.15) is 0 Å². The van der Waals surface area contributed by atoms with Crippen LogP contribution in [0.4, 0.5) is 5.13 Å². The maximum absolute atomic E-state index is 5.78. The summed E-state index contributed by atoms with van der Waals surface area (Å²) in [6.45, 7) is 7.56. The number of hydrogen-bond donors (Lipinski definition) is 0. The molecule has 0 spiro atoms. The molecule has 0 radical (unpaired) electrons. The zero-order valence-electron chi connectivity index (χ0n) is 8.25. The largest absolute Gasteiger partial charge is 0.346 e. The Morgan fingerprint density at radius 2 is 2.31 bits per heavy atom. The van der Waals surface area contributed by atoms with E-state index in [0.29, 0.717) is 11.2 Å². The molecule has 74 valence electrons. The quantitative estimate of drug-likeness (QED) is 0.770. The van der Waals surface area contributed by atoms with Gasteiger partial charge in [-0.3, -0.25) is 0 Å². The molecule has 4 heteroatoms. The number of hydrogen-bond acceptors (Lipinski definition) is 3. The summed E-state index contributed by atoms with van der Waals surface area (Å²) in [5.74, 6) is 0. The maximum atomic E-state index is 5.78. The summed E-state index contributed by atoms with van der Waals surface area (Å²) in [4.78, 5) is 6.54. The van der Waals surface area contributed by atoms with Crippen LogP contribution in [0.1, 0.15) is 27.2 Å². The summed E-state index contributed by atoms with van der Waals surface area (Å²) in [6.07, 6.45) is 1.13. The molecule has 0 bridgehead atoms. The molecular weight excluding hydrogens is 204 g/mol. The molecule has 0 atom stereocenters. The van der Waals surface area contributed by atoms with Crippen molar-refractivity contribution in [2.75, 3.05) is 11.4 Å². The maximum Gasteiger partial charge on any atom is 0.186 e. The van der Waals surface area contributed by atoms with Crippen LogP contribution in [0, 0.1) is 0 Å². The fraction of sp³-hybridized carbons (Fsp3) is 0.667. The van der Waals surface area contributed by atoms with Gasteiger partial charge in [-0.1, -0.05) is 18.5 Å². The van der Waals surface area contributed by atoms with Gasteiger partial charge in [0.05, 0.1) is 0 Å². The number of anilines is 1. The monoisotopic (exact) mass is 218 g/mol. The summed E-state index contributed by atoms with van der Waals surface area (Å²) in [5, 5.41) is 3.51. The van der Waals surface area contributed by atoms with Gasteiger partial charge < -0.3 is 4.90 Å². The number of halogens is 1. The fourth-order valence-electron chi connectivity index (χ4n) is 1.19. The number of thiazole rings is 1. The predicted octanol–water partition coefficient (Wildman–Crippen LogP) is 3.42. The van der Waals surface area contributed by atoms with Crippen LogP contribution in [0.15, 0.2) is 5.38 Å². The first-order chi connectivity index (χ1) is 6.15. The summed E-state index contributed by atoms with van der Waals surface area (Å²) in [6, 6.07) is 0.488. The highest BCUT2D eigenvalue weighted by Crippen LogP contribution is 2.24. The Balaban J connectivity index is 2.75. The van der Waals surface area contributed by atoms with E-state index in [9.17, 15) is 0 Å². The lowest BCUT2D eigenvalue weighted by Gasteiger charge is -2.25. The second kappa shape index (κ2) is 4.82. The second-order valence-electron chi connectivity index (χ2n) is 3.24. The number of aromatic nitrogens is 1. The molecule has 0 saturated carbocycles. The SMILES string of the molecule is CCCN(c1nc(Cl)cs1)C(C)C. The molecule has 0 N–H and O–H groups in total. The molecule has 1 aromatic rings. The highest BCUT2D eigenvalue weighted by atomic mass is 35.5. The molecule has 0 fully saturated rings. The van der Waals surface area contributed by atoms with Gasteiger partial charge in [0, 0.05) is 18.0 Å². The van der Waals surface area contributed by atoms with E-state index in [1.165, 1.54) is 0 Å². The van der Waals surface area contributed by atoms with Crippen molar-refractivity contribution in [2.24, 2.45) is 0 Å². The molecule has 0 unspecified atom stereocenters. The van der Waals surface area contributed by atoms with Gasteiger partial charge in [0.2, 0.25) is 0 Å². The lowest BCUT2D eigenvalue weighted by molar-refractivity contribution is 0.669. The van der Waals surface area contributed by atoms with Gasteiger partial charge >= 0.3 is 0 Å². The van der Waals surface area contributed by atoms with Crippen molar-refractivity contribution >= 4 is 28.1 Å². The van der Waals surface area contributed by atoms with Crippen molar-refractivity contribution in [3.8, 4) is 0 Å². The van der Waals surface area contributed by atoms with E-state index in [2.05, 4.69) is 30.7 Å². The normalized spacial score (nSPS) is 10.8. The van der Waals surface area contributed by atoms with E-state index in [1.807, 2.05) is 5.38 Å². The third-order valence-electron chi connectivity index (χ3n) is 1.80. The molecule has 1 aromatic heterocycles. The first-order valence-corrected chi connectivity index (χ1v) is 5.78. The Labute approximate surface area is 88.5 Å². The van der Waals surface area contributed by atoms with Gasteiger partial charge in [0.1, 0.15) is 5.15 Å². The Hall–Kier alpha value is -0.280. The summed E-state index contributed by atoms with van der Waals surface area (Å²) in [5.41, 5.74) is 0. The minimum absolute atomic E-state index is 0.488. The van der Waals surface area contributed by atoms with Crippen LogP contribution in [-0.4, -0.2) is 17.6 Å². The van der Waals surface area contributed by atoms with Crippen LogP contribution in [0.3, 0.4) is 0 Å². The standard InChI is InChI=1S/C9H15ClN2S/c1-4-5-12(7(2)3)9-11-8(10)6-13-9/h6-7H,4-5H2,1-3H3. The Morgan fingerprint density at radius 1 is 1.62 bits per heavy atom. The van der Waals surface area contributed by atoms with Gasteiger partial charge in [-0.25, -0.2) is 4.98 Å². The molecular formula is C9H15ClN2S. The highest BCUT2D eigenvalue weighted by Gasteiger charge is 2.12. The van der Waals surface area contributed by atoms with Crippen LogP contribution >= 0.6 is 22.9 Å². The first kappa shape index (κ1) is 10.8. The summed E-state index contributed by atoms with van der Waals surface area (Å²) < 4.78 is 0. The summed E-state index contributed by atoms with van der Waals surface area (Å²) in [7, 11) is 0. The van der Waals surface area contributed by atoms with Crippen LogP contribution in [0.2, 0.25) is 5.15 Å². The van der Waals surface area contributed by atoms with E-state index in [0.717, 1.165) is 18.1 Å². The first-order valence-electron chi connectivity index (χ1n) is 4.52. The number of rotatable bonds is 4. The van der Waals surface area contributed by atoms with E-state index in [1.54, 1.807) is 11.3 Å². The molecule has 0 amide bonds. The van der Waals surface area contributed by atoms with Crippen molar-refractivity contribution in [1.82, 2.24) is 4.98 Å². The third kappa shape index (κ3) is 2.85. The third-order valence-corrected chi connectivity index (χ3v) is 3.00. The second-order valence-corrected chi connectivity index (χ2v) is 4.46. The van der Waals surface area contributed by atoms with Crippen LogP contribution in [0.25, 0.3) is 0 Å². The fourth-order valence-corrected chi connectivity index (χ4v) is 2.30.